The smallest absolute Gasteiger partial charge is 0.329 e. The molecule has 5 aromatic rings. The number of nitrogens with zero attached hydrogens (tertiary/aromatic N) is 3. The summed E-state index contributed by atoms with van der Waals surface area (Å²) in [5.41, 5.74) is 7.90. The molecule has 0 aliphatic rings. The predicted molar refractivity (Wildman–Crippen MR) is 155 cm³/mol. The molecule has 1 aromatic heterocycles. The summed E-state index contributed by atoms with van der Waals surface area (Å²) in [5, 5.41) is 11.4. The van der Waals surface area contributed by atoms with Gasteiger partial charge in [0.2, 0.25) is 0 Å². The molecule has 0 saturated heterocycles. The van der Waals surface area contributed by atoms with Crippen LogP contribution in [0.15, 0.2) is 120 Å². The maximum absolute atomic E-state index is 12.3. The molecule has 40 heavy (non-hydrogen) atoms. The molecule has 0 atom stereocenters. The number of hydrogen-bond donors (Lipinski definition) is 2. The summed E-state index contributed by atoms with van der Waals surface area (Å²) >= 11 is 0. The molecule has 8 heteroatoms. The van der Waals surface area contributed by atoms with Crippen LogP contribution in [-0.2, 0) is 16.2 Å². The Hall–Kier alpha value is -5.50. The van der Waals surface area contributed by atoms with Crippen LogP contribution in [0.1, 0.15) is 16.7 Å². The van der Waals surface area contributed by atoms with E-state index in [4.69, 9.17) is 9.84 Å². The molecule has 2 N–H and O–H groups in total. The normalized spacial score (nSPS) is 10.8. The van der Waals surface area contributed by atoms with Crippen molar-refractivity contribution in [1.29, 1.82) is 0 Å². The van der Waals surface area contributed by atoms with E-state index in [0.717, 1.165) is 28.1 Å². The van der Waals surface area contributed by atoms with Crippen molar-refractivity contribution in [2.75, 3.05) is 5.32 Å². The first-order valence-corrected chi connectivity index (χ1v) is 12.7. The molecule has 0 aliphatic heterocycles. The molecule has 0 spiro atoms. The Morgan fingerprint density at radius 1 is 0.875 bits per heavy atom. The van der Waals surface area contributed by atoms with Crippen LogP contribution in [0.2, 0.25) is 0 Å². The molecule has 0 bridgehead atoms. The number of hydrazone groups is 1. The molecule has 2 amide bonds. The van der Waals surface area contributed by atoms with E-state index in [1.54, 1.807) is 22.9 Å². The summed E-state index contributed by atoms with van der Waals surface area (Å²) in [6.45, 7) is 2.37. The number of aromatic nitrogens is 2. The fraction of sp³-hybridized carbons (Fsp3) is 0.0625. The number of benzene rings is 4. The van der Waals surface area contributed by atoms with Gasteiger partial charge in [0.25, 0.3) is 0 Å². The van der Waals surface area contributed by atoms with E-state index in [1.807, 2.05) is 104 Å². The second-order valence-electron chi connectivity index (χ2n) is 9.03. The maximum Gasteiger partial charge on any atom is 0.329 e. The summed E-state index contributed by atoms with van der Waals surface area (Å²) in [7, 11) is 0. The molecule has 1 heterocycles. The second kappa shape index (κ2) is 12.4. The third-order valence-electron chi connectivity index (χ3n) is 5.99. The molecular formula is C32H27N5O3. The second-order valence-corrected chi connectivity index (χ2v) is 9.03. The minimum atomic E-state index is -0.880. The van der Waals surface area contributed by atoms with Crippen molar-refractivity contribution in [1.82, 2.24) is 15.2 Å². The number of carbonyl (C=O) groups excluding carboxylic acids is 2. The average molecular weight is 530 g/mol. The Morgan fingerprint density at radius 2 is 1.60 bits per heavy atom. The molecule has 8 nitrogen and oxygen atoms in total. The minimum absolute atomic E-state index is 0.470. The first-order valence-electron chi connectivity index (χ1n) is 12.7. The van der Waals surface area contributed by atoms with Crippen molar-refractivity contribution in [2.45, 2.75) is 13.5 Å². The first-order chi connectivity index (χ1) is 19.5. The van der Waals surface area contributed by atoms with Gasteiger partial charge in [-0.1, -0.05) is 60.7 Å². The van der Waals surface area contributed by atoms with Crippen LogP contribution in [0, 0.1) is 6.92 Å². The number of anilines is 1. The predicted octanol–water partition coefficient (Wildman–Crippen LogP) is 5.52. The maximum atomic E-state index is 12.3. The third kappa shape index (κ3) is 6.68. The van der Waals surface area contributed by atoms with Crippen LogP contribution >= 0.6 is 0 Å². The largest absolute Gasteiger partial charge is 0.489 e. The van der Waals surface area contributed by atoms with Gasteiger partial charge >= 0.3 is 11.8 Å². The molecular weight excluding hydrogens is 502 g/mol. The zero-order valence-electron chi connectivity index (χ0n) is 21.8. The number of aryl methyl sites for hydroxylation is 1. The van der Waals surface area contributed by atoms with E-state index in [1.165, 1.54) is 6.21 Å². The standard InChI is InChI=1S/C32H27N5O3/c1-23-9-8-12-27(19-23)34-31(38)32(39)35-33-20-26-21-37(28-13-6-3-7-14-28)36-30(26)25-15-17-29(18-16-25)40-22-24-10-4-2-5-11-24/h2-21H,22H2,1H3,(H,34,38)(H,35,39). The van der Waals surface area contributed by atoms with Gasteiger partial charge in [0.15, 0.2) is 0 Å². The van der Waals surface area contributed by atoms with Crippen molar-refractivity contribution in [3.05, 3.63) is 132 Å². The Balaban J connectivity index is 1.32. The summed E-state index contributed by atoms with van der Waals surface area (Å²) in [5.74, 6) is -0.957. The van der Waals surface area contributed by atoms with Gasteiger partial charge in [-0.3, -0.25) is 9.59 Å². The third-order valence-corrected chi connectivity index (χ3v) is 5.99. The van der Waals surface area contributed by atoms with Crippen molar-refractivity contribution in [3.63, 3.8) is 0 Å². The van der Waals surface area contributed by atoms with Gasteiger partial charge < -0.3 is 10.1 Å². The van der Waals surface area contributed by atoms with Crippen LogP contribution in [0.5, 0.6) is 5.75 Å². The number of para-hydroxylation sites is 1. The molecule has 0 aliphatic carbocycles. The van der Waals surface area contributed by atoms with Crippen molar-refractivity contribution in [3.8, 4) is 22.7 Å². The Kier molecular flexibility index (Phi) is 8.07. The molecule has 0 fully saturated rings. The van der Waals surface area contributed by atoms with E-state index in [0.29, 0.717) is 23.6 Å². The van der Waals surface area contributed by atoms with Gasteiger partial charge in [-0.25, -0.2) is 10.1 Å². The van der Waals surface area contributed by atoms with Crippen LogP contribution in [-0.4, -0.2) is 27.8 Å². The first kappa shape index (κ1) is 26.1. The monoisotopic (exact) mass is 529 g/mol. The van der Waals surface area contributed by atoms with Crippen molar-refractivity contribution < 1.29 is 14.3 Å². The van der Waals surface area contributed by atoms with E-state index in [-0.39, 0.29) is 0 Å². The van der Waals surface area contributed by atoms with Crippen LogP contribution in [0.4, 0.5) is 5.69 Å². The van der Waals surface area contributed by atoms with E-state index < -0.39 is 11.8 Å². The zero-order valence-corrected chi connectivity index (χ0v) is 21.8. The Labute approximate surface area is 231 Å². The fourth-order valence-corrected chi connectivity index (χ4v) is 3.99. The number of carbonyl (C=O) groups is 2. The molecule has 5 rings (SSSR count). The highest BCUT2D eigenvalue weighted by molar-refractivity contribution is 6.39. The van der Waals surface area contributed by atoms with Gasteiger partial charge in [0, 0.05) is 23.0 Å². The lowest BCUT2D eigenvalue weighted by atomic mass is 10.1. The summed E-state index contributed by atoms with van der Waals surface area (Å²) in [6.07, 6.45) is 3.28. The molecule has 198 valence electrons. The number of amides is 2. The summed E-state index contributed by atoms with van der Waals surface area (Å²) in [4.78, 5) is 24.6. The quantitative estimate of drug-likeness (QED) is 0.157. The van der Waals surface area contributed by atoms with Crippen molar-refractivity contribution >= 4 is 23.7 Å². The van der Waals surface area contributed by atoms with Crippen LogP contribution < -0.4 is 15.5 Å². The van der Waals surface area contributed by atoms with E-state index in [2.05, 4.69) is 15.8 Å². The van der Waals surface area contributed by atoms with E-state index >= 15 is 0 Å². The van der Waals surface area contributed by atoms with Gasteiger partial charge in [-0.15, -0.1) is 0 Å². The number of hydrogen-bond acceptors (Lipinski definition) is 5. The van der Waals surface area contributed by atoms with Crippen molar-refractivity contribution in [2.24, 2.45) is 5.10 Å². The van der Waals surface area contributed by atoms with Crippen LogP contribution in [0.3, 0.4) is 0 Å². The van der Waals surface area contributed by atoms with Crippen LogP contribution in [0.25, 0.3) is 16.9 Å². The average Bonchev–Trinajstić information content (AvgIpc) is 3.41. The Morgan fingerprint density at radius 3 is 2.33 bits per heavy atom. The lowest BCUT2D eigenvalue weighted by Gasteiger charge is -2.07. The topological polar surface area (TPSA) is 97.6 Å². The number of nitrogens with one attached hydrogen (secondary N) is 2. The van der Waals surface area contributed by atoms with Gasteiger partial charge in [0.05, 0.1) is 11.9 Å². The van der Waals surface area contributed by atoms with Gasteiger partial charge in [-0.05, 0) is 66.6 Å². The summed E-state index contributed by atoms with van der Waals surface area (Å²) < 4.78 is 7.65. The molecule has 0 radical (unpaired) electrons. The fourth-order valence-electron chi connectivity index (χ4n) is 3.99. The highest BCUT2D eigenvalue weighted by Gasteiger charge is 2.14. The number of ether oxygens (including phenoxy) is 1. The summed E-state index contributed by atoms with van der Waals surface area (Å²) in [6, 6.07) is 34.4. The Bertz CT molecular complexity index is 1630. The zero-order chi connectivity index (χ0) is 27.7. The van der Waals surface area contributed by atoms with E-state index in [9.17, 15) is 9.59 Å². The van der Waals surface area contributed by atoms with Gasteiger partial charge in [0.1, 0.15) is 18.1 Å². The highest BCUT2D eigenvalue weighted by Crippen LogP contribution is 2.25. The highest BCUT2D eigenvalue weighted by atomic mass is 16.5. The molecule has 4 aromatic carbocycles. The molecule has 0 unspecified atom stereocenters. The molecule has 0 saturated carbocycles. The lowest BCUT2D eigenvalue weighted by molar-refractivity contribution is -0.136. The SMILES string of the molecule is Cc1cccc(NC(=O)C(=O)NN=Cc2cn(-c3ccccc3)nc2-c2ccc(OCc3ccccc3)cc2)c1. The van der Waals surface area contributed by atoms with Gasteiger partial charge in [-0.2, -0.15) is 10.2 Å². The number of rotatable bonds is 8. The minimum Gasteiger partial charge on any atom is -0.489 e. The lowest BCUT2D eigenvalue weighted by Crippen LogP contribution is -2.32.